The number of carbonyl (C=O) groups is 1. The number of hydrogen-bond acceptors (Lipinski definition) is 6. The zero-order valence-electron chi connectivity index (χ0n) is 15.9. The molecule has 0 N–H and O–H groups in total. The smallest absolute Gasteiger partial charge is 0.338 e. The number of carbonyl (C=O) groups excluding carboxylic acids is 1. The van der Waals surface area contributed by atoms with Gasteiger partial charge in [-0.05, 0) is 36.8 Å². The molecule has 29 heavy (non-hydrogen) atoms. The van der Waals surface area contributed by atoms with Gasteiger partial charge in [-0.1, -0.05) is 23.7 Å². The average Bonchev–Trinajstić information content (AvgIpc) is 2.65. The Kier molecular flexibility index (Phi) is 5.79. The molecule has 0 aliphatic carbocycles. The molecule has 9 heteroatoms. The van der Waals surface area contributed by atoms with Gasteiger partial charge < -0.3 is 9.15 Å². The van der Waals surface area contributed by atoms with Gasteiger partial charge >= 0.3 is 11.6 Å². The molecule has 7 nitrogen and oxygen atoms in total. The number of sulfonamides is 1. The highest BCUT2D eigenvalue weighted by molar-refractivity contribution is 7.89. The Morgan fingerprint density at radius 2 is 1.86 bits per heavy atom. The topological polar surface area (TPSA) is 93.9 Å². The molecule has 0 bridgehead atoms. The van der Waals surface area contributed by atoms with E-state index in [1.165, 1.54) is 38.4 Å². The first-order valence-corrected chi connectivity index (χ1v) is 10.3. The van der Waals surface area contributed by atoms with Crippen LogP contribution in [0.25, 0.3) is 11.0 Å². The zero-order valence-corrected chi connectivity index (χ0v) is 17.5. The fourth-order valence-electron chi connectivity index (χ4n) is 2.71. The van der Waals surface area contributed by atoms with Crippen LogP contribution in [0, 0.1) is 6.92 Å². The minimum Gasteiger partial charge on any atom is -0.457 e. The fraction of sp³-hybridized carbons (Fsp3) is 0.200. The number of nitrogens with zero attached hydrogens (tertiary/aromatic N) is 1. The van der Waals surface area contributed by atoms with Crippen molar-refractivity contribution < 1.29 is 22.4 Å². The van der Waals surface area contributed by atoms with E-state index in [4.69, 9.17) is 20.8 Å². The Morgan fingerprint density at radius 3 is 2.55 bits per heavy atom. The van der Waals surface area contributed by atoms with Crippen molar-refractivity contribution >= 4 is 38.6 Å². The van der Waals surface area contributed by atoms with Crippen molar-refractivity contribution in [2.24, 2.45) is 0 Å². The molecule has 3 aromatic rings. The SMILES string of the molecule is Cc1ccc2c(COC(=O)c3ccc(Cl)c(S(=O)(=O)N(C)C)c3)cc(=O)oc2c1. The van der Waals surface area contributed by atoms with E-state index in [2.05, 4.69) is 0 Å². The number of hydrogen-bond donors (Lipinski definition) is 0. The molecular weight excluding hydrogens is 418 g/mol. The van der Waals surface area contributed by atoms with E-state index in [0.29, 0.717) is 16.5 Å². The van der Waals surface area contributed by atoms with Crippen LogP contribution in [0.3, 0.4) is 0 Å². The maximum absolute atomic E-state index is 12.5. The molecule has 0 aliphatic rings. The highest BCUT2D eigenvalue weighted by Gasteiger charge is 2.23. The summed E-state index contributed by atoms with van der Waals surface area (Å²) in [6, 6.07) is 10.5. The van der Waals surface area contributed by atoms with E-state index in [-0.39, 0.29) is 22.1 Å². The lowest BCUT2D eigenvalue weighted by molar-refractivity contribution is 0.0473. The zero-order chi connectivity index (χ0) is 21.3. The molecule has 0 fully saturated rings. The van der Waals surface area contributed by atoms with Gasteiger partial charge in [0.25, 0.3) is 0 Å². The van der Waals surface area contributed by atoms with Gasteiger partial charge in [-0.15, -0.1) is 0 Å². The van der Waals surface area contributed by atoms with Gasteiger partial charge in [0.2, 0.25) is 10.0 Å². The van der Waals surface area contributed by atoms with Crippen LogP contribution < -0.4 is 5.63 Å². The number of rotatable bonds is 5. The molecule has 0 saturated heterocycles. The molecular formula is C20H18ClNO6S. The van der Waals surface area contributed by atoms with Gasteiger partial charge in [0.15, 0.2) is 0 Å². The first-order chi connectivity index (χ1) is 13.6. The second-order valence-corrected chi connectivity index (χ2v) is 9.13. The minimum atomic E-state index is -3.83. The minimum absolute atomic E-state index is 0.00252. The molecule has 3 rings (SSSR count). The van der Waals surface area contributed by atoms with Gasteiger partial charge in [0.05, 0.1) is 10.6 Å². The summed E-state index contributed by atoms with van der Waals surface area (Å²) in [5.74, 6) is -0.745. The van der Waals surface area contributed by atoms with Gasteiger partial charge in [0.1, 0.15) is 17.1 Å². The number of fused-ring (bicyclic) bond motifs is 1. The molecule has 0 radical (unpaired) electrons. The van der Waals surface area contributed by atoms with Gasteiger partial charge in [-0.2, -0.15) is 0 Å². The van der Waals surface area contributed by atoms with Crippen molar-refractivity contribution in [2.75, 3.05) is 14.1 Å². The predicted molar refractivity (Wildman–Crippen MR) is 109 cm³/mol. The molecule has 0 spiro atoms. The standard InChI is InChI=1S/C20H18ClNO6S/c1-12-4-6-15-14(10-19(23)28-17(15)8-12)11-27-20(24)13-5-7-16(21)18(9-13)29(25,26)22(2)3/h4-10H,11H2,1-3H3. The number of aryl methyl sites for hydroxylation is 1. The van der Waals surface area contributed by atoms with E-state index in [1.807, 2.05) is 13.0 Å². The molecule has 0 saturated carbocycles. The van der Waals surface area contributed by atoms with Crippen molar-refractivity contribution in [1.82, 2.24) is 4.31 Å². The molecule has 0 unspecified atom stereocenters. The summed E-state index contributed by atoms with van der Waals surface area (Å²) in [7, 11) is -1.10. The van der Waals surface area contributed by atoms with E-state index >= 15 is 0 Å². The summed E-state index contributed by atoms with van der Waals surface area (Å²) in [6.07, 6.45) is 0. The lowest BCUT2D eigenvalue weighted by atomic mass is 10.1. The third kappa shape index (κ3) is 4.34. The maximum atomic E-state index is 12.5. The van der Waals surface area contributed by atoms with Crippen LogP contribution in [0.1, 0.15) is 21.5 Å². The number of halogens is 1. The summed E-state index contributed by atoms with van der Waals surface area (Å²) in [6.45, 7) is 1.69. The highest BCUT2D eigenvalue weighted by atomic mass is 35.5. The Hall–Kier alpha value is -2.68. The molecule has 0 aliphatic heterocycles. The predicted octanol–water partition coefficient (Wildman–Crippen LogP) is 3.36. The lowest BCUT2D eigenvalue weighted by Crippen LogP contribution is -2.23. The Balaban J connectivity index is 1.89. The third-order valence-electron chi connectivity index (χ3n) is 4.27. The average molecular weight is 436 g/mol. The van der Waals surface area contributed by atoms with Crippen LogP contribution in [0.2, 0.25) is 5.02 Å². The van der Waals surface area contributed by atoms with Crippen molar-refractivity contribution in [3.63, 3.8) is 0 Å². The number of esters is 1. The third-order valence-corrected chi connectivity index (χ3v) is 6.57. The Labute approximate surface area is 172 Å². The van der Waals surface area contributed by atoms with Crippen molar-refractivity contribution in [3.05, 3.63) is 74.6 Å². The largest absolute Gasteiger partial charge is 0.457 e. The van der Waals surface area contributed by atoms with E-state index in [1.54, 1.807) is 12.1 Å². The maximum Gasteiger partial charge on any atom is 0.338 e. The molecule has 2 aromatic carbocycles. The van der Waals surface area contributed by atoms with Crippen LogP contribution >= 0.6 is 11.6 Å². The second kappa shape index (κ2) is 7.98. The molecule has 0 amide bonds. The monoisotopic (exact) mass is 435 g/mol. The quantitative estimate of drug-likeness (QED) is 0.450. The summed E-state index contributed by atoms with van der Waals surface area (Å²) in [5.41, 5.74) is 1.28. The highest BCUT2D eigenvalue weighted by Crippen LogP contribution is 2.25. The van der Waals surface area contributed by atoms with Crippen LogP contribution in [0.4, 0.5) is 0 Å². The van der Waals surface area contributed by atoms with Crippen LogP contribution in [0.5, 0.6) is 0 Å². The molecule has 152 valence electrons. The summed E-state index contributed by atoms with van der Waals surface area (Å²) >= 11 is 5.99. The van der Waals surface area contributed by atoms with E-state index < -0.39 is 21.6 Å². The Bertz CT molecular complexity index is 1260. The van der Waals surface area contributed by atoms with Gasteiger partial charge in [-0.25, -0.2) is 22.3 Å². The second-order valence-electron chi connectivity index (χ2n) is 6.60. The summed E-state index contributed by atoms with van der Waals surface area (Å²) < 4.78 is 36.2. The molecule has 1 aromatic heterocycles. The number of ether oxygens (including phenoxy) is 1. The van der Waals surface area contributed by atoms with Crippen molar-refractivity contribution in [2.45, 2.75) is 18.4 Å². The molecule has 1 heterocycles. The first kappa shape index (κ1) is 21.0. The van der Waals surface area contributed by atoms with Crippen LogP contribution in [0.15, 0.2) is 56.6 Å². The fourth-order valence-corrected chi connectivity index (χ4v) is 4.10. The van der Waals surface area contributed by atoms with E-state index in [0.717, 1.165) is 9.87 Å². The van der Waals surface area contributed by atoms with Gasteiger partial charge in [0, 0.05) is 31.1 Å². The normalized spacial score (nSPS) is 11.8. The summed E-state index contributed by atoms with van der Waals surface area (Å²) in [4.78, 5) is 24.1. The van der Waals surface area contributed by atoms with Crippen LogP contribution in [-0.4, -0.2) is 32.8 Å². The lowest BCUT2D eigenvalue weighted by Gasteiger charge is -2.14. The van der Waals surface area contributed by atoms with Crippen molar-refractivity contribution in [1.29, 1.82) is 0 Å². The molecule has 0 atom stereocenters. The van der Waals surface area contributed by atoms with Crippen molar-refractivity contribution in [3.8, 4) is 0 Å². The van der Waals surface area contributed by atoms with Crippen LogP contribution in [-0.2, 0) is 21.4 Å². The number of benzene rings is 2. The Morgan fingerprint density at radius 1 is 1.14 bits per heavy atom. The summed E-state index contributed by atoms with van der Waals surface area (Å²) in [5, 5.41) is 0.646. The van der Waals surface area contributed by atoms with E-state index in [9.17, 15) is 18.0 Å². The van der Waals surface area contributed by atoms with Gasteiger partial charge in [-0.3, -0.25) is 0 Å². The first-order valence-electron chi connectivity index (χ1n) is 8.52.